The van der Waals surface area contributed by atoms with Crippen molar-refractivity contribution >= 4 is 5.97 Å². The maximum atomic E-state index is 11.8. The van der Waals surface area contributed by atoms with Gasteiger partial charge < -0.3 is 4.74 Å². The Bertz CT molecular complexity index is 433. The van der Waals surface area contributed by atoms with Crippen LogP contribution < -0.4 is 0 Å². The average Bonchev–Trinajstić information content (AvgIpc) is 2.37. The summed E-state index contributed by atoms with van der Waals surface area (Å²) in [7, 11) is 1.45. The van der Waals surface area contributed by atoms with E-state index in [4.69, 9.17) is 4.74 Å². The van der Waals surface area contributed by atoms with Crippen LogP contribution in [0.15, 0.2) is 18.2 Å². The Morgan fingerprint density at radius 1 is 1.18 bits per heavy atom. The van der Waals surface area contributed by atoms with Crippen LogP contribution in [0.25, 0.3) is 0 Å². The highest BCUT2D eigenvalue weighted by atomic mass is 16.5. The zero-order chi connectivity index (χ0) is 12.5. The maximum absolute atomic E-state index is 11.8. The molecule has 92 valence electrons. The third-order valence-electron chi connectivity index (χ3n) is 3.77. The van der Waals surface area contributed by atoms with Gasteiger partial charge in [0.15, 0.2) is 0 Å². The van der Waals surface area contributed by atoms with E-state index in [-0.39, 0.29) is 5.97 Å². The average molecular weight is 232 g/mol. The molecule has 0 aromatic heterocycles. The fourth-order valence-electron chi connectivity index (χ4n) is 2.50. The molecule has 0 unspecified atom stereocenters. The molecular weight excluding hydrogens is 212 g/mol. The van der Waals surface area contributed by atoms with Crippen molar-refractivity contribution in [3.63, 3.8) is 0 Å². The van der Waals surface area contributed by atoms with Crippen molar-refractivity contribution < 1.29 is 9.53 Å². The Morgan fingerprint density at radius 2 is 1.82 bits per heavy atom. The fraction of sp³-hybridized carbons (Fsp3) is 0.533. The standard InChI is InChI=1S/C15H20O2/c1-15(2,14(16)17-3)13-9-8-11-6-4-5-7-12(11)10-13/h8-10H,4-7H2,1-3H3. The van der Waals surface area contributed by atoms with Gasteiger partial charge in [0.25, 0.3) is 0 Å². The number of carbonyl (C=O) groups is 1. The summed E-state index contributed by atoms with van der Waals surface area (Å²) in [4.78, 5) is 11.8. The molecule has 1 aliphatic carbocycles. The molecule has 0 saturated heterocycles. The Morgan fingerprint density at radius 3 is 2.47 bits per heavy atom. The highest BCUT2D eigenvalue weighted by Crippen LogP contribution is 2.29. The summed E-state index contributed by atoms with van der Waals surface area (Å²) < 4.78 is 4.87. The Balaban J connectivity index is 2.36. The van der Waals surface area contributed by atoms with Crippen LogP contribution in [0, 0.1) is 0 Å². The van der Waals surface area contributed by atoms with Gasteiger partial charge in [-0.2, -0.15) is 0 Å². The number of aryl methyl sites for hydroxylation is 2. The van der Waals surface area contributed by atoms with E-state index in [9.17, 15) is 4.79 Å². The van der Waals surface area contributed by atoms with E-state index in [1.807, 2.05) is 13.8 Å². The van der Waals surface area contributed by atoms with Crippen molar-refractivity contribution in [1.82, 2.24) is 0 Å². The van der Waals surface area contributed by atoms with Crippen LogP contribution in [0.1, 0.15) is 43.4 Å². The molecule has 0 spiro atoms. The van der Waals surface area contributed by atoms with E-state index in [1.165, 1.54) is 37.5 Å². The number of carbonyl (C=O) groups excluding carboxylic acids is 1. The van der Waals surface area contributed by atoms with Crippen molar-refractivity contribution in [2.45, 2.75) is 44.9 Å². The van der Waals surface area contributed by atoms with Gasteiger partial charge in [0, 0.05) is 0 Å². The molecule has 0 fully saturated rings. The first-order valence-electron chi connectivity index (χ1n) is 6.26. The van der Waals surface area contributed by atoms with Gasteiger partial charge in [-0.1, -0.05) is 18.2 Å². The second-order valence-electron chi connectivity index (χ2n) is 5.31. The lowest BCUT2D eigenvalue weighted by Crippen LogP contribution is -2.30. The summed E-state index contributed by atoms with van der Waals surface area (Å²) >= 11 is 0. The molecule has 1 aromatic carbocycles. The largest absolute Gasteiger partial charge is 0.468 e. The maximum Gasteiger partial charge on any atom is 0.315 e. The molecular formula is C15H20O2. The number of methoxy groups -OCH3 is 1. The normalized spacial score (nSPS) is 15.2. The first kappa shape index (κ1) is 12.2. The summed E-state index contributed by atoms with van der Waals surface area (Å²) in [5.74, 6) is -0.173. The van der Waals surface area contributed by atoms with Gasteiger partial charge in [-0.3, -0.25) is 4.79 Å². The summed E-state index contributed by atoms with van der Waals surface area (Å²) in [6.07, 6.45) is 4.86. The van der Waals surface area contributed by atoms with Gasteiger partial charge >= 0.3 is 5.97 Å². The molecule has 0 aliphatic heterocycles. The van der Waals surface area contributed by atoms with Gasteiger partial charge in [-0.15, -0.1) is 0 Å². The quantitative estimate of drug-likeness (QED) is 0.733. The number of rotatable bonds is 2. The van der Waals surface area contributed by atoms with E-state index < -0.39 is 5.41 Å². The molecule has 2 heteroatoms. The molecule has 0 atom stereocenters. The van der Waals surface area contributed by atoms with Gasteiger partial charge in [-0.25, -0.2) is 0 Å². The third kappa shape index (κ3) is 2.21. The Kier molecular flexibility index (Phi) is 3.23. The van der Waals surface area contributed by atoms with E-state index in [0.29, 0.717) is 0 Å². The van der Waals surface area contributed by atoms with Gasteiger partial charge in [0.05, 0.1) is 12.5 Å². The number of esters is 1. The predicted octanol–water partition coefficient (Wildman–Crippen LogP) is 3.02. The summed E-state index contributed by atoms with van der Waals surface area (Å²) in [6, 6.07) is 6.43. The van der Waals surface area contributed by atoms with Crippen LogP contribution in [0.4, 0.5) is 0 Å². The molecule has 2 rings (SSSR count). The summed E-state index contributed by atoms with van der Waals surface area (Å²) in [5.41, 5.74) is 3.36. The van der Waals surface area contributed by atoms with Crippen LogP contribution in [0.3, 0.4) is 0 Å². The number of benzene rings is 1. The van der Waals surface area contributed by atoms with Gasteiger partial charge in [-0.05, 0) is 56.2 Å². The van der Waals surface area contributed by atoms with Crippen molar-refractivity contribution in [2.24, 2.45) is 0 Å². The smallest absolute Gasteiger partial charge is 0.315 e. The first-order valence-corrected chi connectivity index (χ1v) is 6.26. The zero-order valence-corrected chi connectivity index (χ0v) is 10.9. The highest BCUT2D eigenvalue weighted by molar-refractivity contribution is 5.82. The van der Waals surface area contributed by atoms with Crippen molar-refractivity contribution in [2.75, 3.05) is 7.11 Å². The van der Waals surface area contributed by atoms with Crippen LogP contribution in [0.2, 0.25) is 0 Å². The van der Waals surface area contributed by atoms with E-state index >= 15 is 0 Å². The van der Waals surface area contributed by atoms with E-state index in [2.05, 4.69) is 18.2 Å². The molecule has 2 nitrogen and oxygen atoms in total. The zero-order valence-electron chi connectivity index (χ0n) is 10.9. The van der Waals surface area contributed by atoms with Crippen molar-refractivity contribution in [1.29, 1.82) is 0 Å². The van der Waals surface area contributed by atoms with Crippen LogP contribution >= 0.6 is 0 Å². The second-order valence-corrected chi connectivity index (χ2v) is 5.31. The molecule has 17 heavy (non-hydrogen) atoms. The number of hydrogen-bond acceptors (Lipinski definition) is 2. The number of hydrogen-bond donors (Lipinski definition) is 0. The SMILES string of the molecule is COC(=O)C(C)(C)c1ccc2c(c1)CCCC2. The first-order chi connectivity index (χ1) is 8.05. The minimum atomic E-state index is -0.554. The molecule has 0 heterocycles. The van der Waals surface area contributed by atoms with Crippen molar-refractivity contribution in [3.05, 3.63) is 34.9 Å². The second kappa shape index (κ2) is 4.52. The minimum absolute atomic E-state index is 0.173. The van der Waals surface area contributed by atoms with E-state index in [1.54, 1.807) is 0 Å². The lowest BCUT2D eigenvalue weighted by Gasteiger charge is -2.25. The number of ether oxygens (including phenoxy) is 1. The number of fused-ring (bicyclic) bond motifs is 1. The summed E-state index contributed by atoms with van der Waals surface area (Å²) in [5, 5.41) is 0. The minimum Gasteiger partial charge on any atom is -0.468 e. The van der Waals surface area contributed by atoms with Gasteiger partial charge in [0.2, 0.25) is 0 Å². The van der Waals surface area contributed by atoms with E-state index in [0.717, 1.165) is 12.0 Å². The molecule has 0 amide bonds. The molecule has 0 N–H and O–H groups in total. The molecule has 0 saturated carbocycles. The molecule has 0 bridgehead atoms. The lowest BCUT2D eigenvalue weighted by atomic mass is 9.81. The Labute approximate surface area is 103 Å². The van der Waals surface area contributed by atoms with Crippen molar-refractivity contribution in [3.8, 4) is 0 Å². The Hall–Kier alpha value is -1.31. The molecule has 1 aliphatic rings. The van der Waals surface area contributed by atoms with Crippen LogP contribution in [0.5, 0.6) is 0 Å². The van der Waals surface area contributed by atoms with Crippen LogP contribution in [-0.4, -0.2) is 13.1 Å². The highest BCUT2D eigenvalue weighted by Gasteiger charge is 2.31. The molecule has 1 aromatic rings. The predicted molar refractivity (Wildman–Crippen MR) is 68.1 cm³/mol. The fourth-order valence-corrected chi connectivity index (χ4v) is 2.50. The molecule has 0 radical (unpaired) electrons. The topological polar surface area (TPSA) is 26.3 Å². The monoisotopic (exact) mass is 232 g/mol. The lowest BCUT2D eigenvalue weighted by molar-refractivity contribution is -0.146. The van der Waals surface area contributed by atoms with Crippen LogP contribution in [-0.2, 0) is 27.8 Å². The summed E-state index contributed by atoms with van der Waals surface area (Å²) in [6.45, 7) is 3.84. The third-order valence-corrected chi connectivity index (χ3v) is 3.77. The van der Waals surface area contributed by atoms with Gasteiger partial charge in [0.1, 0.15) is 0 Å².